The standard InChI is InChI=1S/C14H27NO3/c1-5-15-14(4,13(16)17-6-2)9-11(3)18-10-12-7-8-12/h11-12,15H,5-10H2,1-4H3. The van der Waals surface area contributed by atoms with E-state index in [9.17, 15) is 4.79 Å². The van der Waals surface area contributed by atoms with Gasteiger partial charge in [-0.2, -0.15) is 0 Å². The van der Waals surface area contributed by atoms with Gasteiger partial charge in [0, 0.05) is 13.0 Å². The smallest absolute Gasteiger partial charge is 0.326 e. The van der Waals surface area contributed by atoms with E-state index in [1.54, 1.807) is 0 Å². The van der Waals surface area contributed by atoms with Crippen molar-refractivity contribution in [3.05, 3.63) is 0 Å². The van der Waals surface area contributed by atoms with Gasteiger partial charge in [-0.15, -0.1) is 0 Å². The van der Waals surface area contributed by atoms with Crippen LogP contribution in [0.4, 0.5) is 0 Å². The minimum atomic E-state index is -0.645. The van der Waals surface area contributed by atoms with E-state index < -0.39 is 5.54 Å². The molecule has 0 bridgehead atoms. The number of esters is 1. The highest BCUT2D eigenvalue weighted by molar-refractivity contribution is 5.80. The third-order valence-corrected chi connectivity index (χ3v) is 3.30. The van der Waals surface area contributed by atoms with Gasteiger partial charge in [-0.05, 0) is 46.1 Å². The lowest BCUT2D eigenvalue weighted by Gasteiger charge is -2.30. The molecule has 0 aromatic rings. The summed E-state index contributed by atoms with van der Waals surface area (Å²) in [6, 6.07) is 0. The number of nitrogens with one attached hydrogen (secondary N) is 1. The summed E-state index contributed by atoms with van der Waals surface area (Å²) in [5.41, 5.74) is -0.645. The fraction of sp³-hybridized carbons (Fsp3) is 0.929. The van der Waals surface area contributed by atoms with Crippen LogP contribution in [0.2, 0.25) is 0 Å². The van der Waals surface area contributed by atoms with Gasteiger partial charge in [-0.3, -0.25) is 4.79 Å². The molecule has 1 aliphatic carbocycles. The van der Waals surface area contributed by atoms with Crippen molar-refractivity contribution in [2.75, 3.05) is 19.8 Å². The van der Waals surface area contributed by atoms with Crippen LogP contribution in [0, 0.1) is 5.92 Å². The van der Waals surface area contributed by atoms with E-state index in [-0.39, 0.29) is 12.1 Å². The Bertz CT molecular complexity index is 266. The molecule has 0 saturated heterocycles. The van der Waals surface area contributed by atoms with Crippen LogP contribution in [0.15, 0.2) is 0 Å². The zero-order valence-corrected chi connectivity index (χ0v) is 12.1. The van der Waals surface area contributed by atoms with Crippen LogP contribution in [0.3, 0.4) is 0 Å². The van der Waals surface area contributed by atoms with Gasteiger partial charge in [-0.1, -0.05) is 6.92 Å². The number of rotatable bonds is 9. The molecule has 1 rings (SSSR count). The molecule has 0 aromatic heterocycles. The Labute approximate surface area is 110 Å². The van der Waals surface area contributed by atoms with E-state index in [0.29, 0.717) is 13.0 Å². The average Bonchev–Trinajstić information content (AvgIpc) is 3.10. The summed E-state index contributed by atoms with van der Waals surface area (Å²) in [5, 5.41) is 3.22. The van der Waals surface area contributed by atoms with E-state index in [1.165, 1.54) is 12.8 Å². The molecule has 1 saturated carbocycles. The average molecular weight is 257 g/mol. The van der Waals surface area contributed by atoms with Gasteiger partial charge in [0.05, 0.1) is 12.7 Å². The van der Waals surface area contributed by atoms with Gasteiger partial charge in [0.15, 0.2) is 0 Å². The first-order valence-corrected chi connectivity index (χ1v) is 7.05. The first kappa shape index (κ1) is 15.4. The summed E-state index contributed by atoms with van der Waals surface area (Å²) in [6.45, 7) is 9.72. The van der Waals surface area contributed by atoms with Crippen molar-refractivity contribution in [3.8, 4) is 0 Å². The second-order valence-electron chi connectivity index (χ2n) is 5.37. The predicted molar refractivity (Wildman–Crippen MR) is 71.5 cm³/mol. The van der Waals surface area contributed by atoms with Gasteiger partial charge < -0.3 is 14.8 Å². The Morgan fingerprint density at radius 1 is 1.44 bits per heavy atom. The molecule has 106 valence electrons. The van der Waals surface area contributed by atoms with E-state index in [2.05, 4.69) is 5.32 Å². The summed E-state index contributed by atoms with van der Waals surface area (Å²) in [6.07, 6.45) is 3.29. The first-order valence-electron chi connectivity index (χ1n) is 7.05. The molecular weight excluding hydrogens is 230 g/mol. The fourth-order valence-corrected chi connectivity index (χ4v) is 2.13. The van der Waals surface area contributed by atoms with Crippen molar-refractivity contribution in [1.29, 1.82) is 0 Å². The maximum absolute atomic E-state index is 12.0. The second-order valence-corrected chi connectivity index (χ2v) is 5.37. The summed E-state index contributed by atoms with van der Waals surface area (Å²) in [4.78, 5) is 12.0. The molecule has 2 unspecified atom stereocenters. The van der Waals surface area contributed by atoms with Gasteiger partial charge in [0.25, 0.3) is 0 Å². The Morgan fingerprint density at radius 2 is 2.11 bits per heavy atom. The first-order chi connectivity index (χ1) is 8.51. The molecule has 1 fully saturated rings. The highest BCUT2D eigenvalue weighted by atomic mass is 16.5. The fourth-order valence-electron chi connectivity index (χ4n) is 2.13. The zero-order valence-electron chi connectivity index (χ0n) is 12.1. The maximum atomic E-state index is 12.0. The molecule has 4 nitrogen and oxygen atoms in total. The van der Waals surface area contributed by atoms with Gasteiger partial charge >= 0.3 is 5.97 Å². The molecular formula is C14H27NO3. The highest BCUT2D eigenvalue weighted by Crippen LogP contribution is 2.29. The third kappa shape index (κ3) is 4.94. The summed E-state index contributed by atoms with van der Waals surface area (Å²) >= 11 is 0. The molecule has 1 N–H and O–H groups in total. The molecule has 0 aliphatic heterocycles. The third-order valence-electron chi connectivity index (χ3n) is 3.30. The van der Waals surface area contributed by atoms with E-state index >= 15 is 0 Å². The lowest BCUT2D eigenvalue weighted by molar-refractivity contribution is -0.152. The zero-order chi connectivity index (χ0) is 13.6. The normalized spacial score (nSPS) is 20.2. The molecule has 0 radical (unpaired) electrons. The number of hydrogen-bond donors (Lipinski definition) is 1. The minimum absolute atomic E-state index is 0.0686. The van der Waals surface area contributed by atoms with Crippen molar-refractivity contribution in [2.24, 2.45) is 5.92 Å². The number of carbonyl (C=O) groups excluding carboxylic acids is 1. The van der Waals surface area contributed by atoms with Crippen molar-refractivity contribution < 1.29 is 14.3 Å². The topological polar surface area (TPSA) is 47.6 Å². The SMILES string of the molecule is CCNC(C)(CC(C)OCC1CC1)C(=O)OCC. The van der Waals surface area contributed by atoms with E-state index in [0.717, 1.165) is 19.1 Å². The number of carbonyl (C=O) groups is 1. The summed E-state index contributed by atoms with van der Waals surface area (Å²) in [5.74, 6) is 0.564. The Balaban J connectivity index is 2.44. The Kier molecular flexibility index (Phi) is 6.09. The summed E-state index contributed by atoms with van der Waals surface area (Å²) < 4.78 is 10.9. The molecule has 0 spiro atoms. The summed E-state index contributed by atoms with van der Waals surface area (Å²) in [7, 11) is 0. The van der Waals surface area contributed by atoms with Crippen LogP contribution in [0.5, 0.6) is 0 Å². The van der Waals surface area contributed by atoms with Crippen LogP contribution in [0.1, 0.15) is 47.0 Å². The molecule has 2 atom stereocenters. The molecule has 4 heteroatoms. The van der Waals surface area contributed by atoms with E-state index in [4.69, 9.17) is 9.47 Å². The van der Waals surface area contributed by atoms with E-state index in [1.807, 2.05) is 27.7 Å². The Morgan fingerprint density at radius 3 is 2.61 bits per heavy atom. The molecule has 0 heterocycles. The lowest BCUT2D eigenvalue weighted by Crippen LogP contribution is -2.52. The molecule has 1 aliphatic rings. The Hall–Kier alpha value is -0.610. The van der Waals surface area contributed by atoms with Gasteiger partial charge in [0.1, 0.15) is 5.54 Å². The lowest BCUT2D eigenvalue weighted by atomic mass is 9.94. The molecule has 0 amide bonds. The number of hydrogen-bond acceptors (Lipinski definition) is 4. The van der Waals surface area contributed by atoms with Crippen LogP contribution in [0.25, 0.3) is 0 Å². The van der Waals surface area contributed by atoms with Gasteiger partial charge in [0.2, 0.25) is 0 Å². The van der Waals surface area contributed by atoms with Crippen molar-refractivity contribution in [2.45, 2.75) is 58.6 Å². The molecule has 18 heavy (non-hydrogen) atoms. The highest BCUT2D eigenvalue weighted by Gasteiger charge is 2.36. The number of ether oxygens (including phenoxy) is 2. The number of likely N-dealkylation sites (N-methyl/N-ethyl adjacent to an activating group) is 1. The minimum Gasteiger partial charge on any atom is -0.465 e. The largest absolute Gasteiger partial charge is 0.465 e. The monoisotopic (exact) mass is 257 g/mol. The van der Waals surface area contributed by atoms with Crippen LogP contribution in [-0.4, -0.2) is 37.4 Å². The van der Waals surface area contributed by atoms with Crippen LogP contribution < -0.4 is 5.32 Å². The van der Waals surface area contributed by atoms with Crippen LogP contribution >= 0.6 is 0 Å². The van der Waals surface area contributed by atoms with Crippen molar-refractivity contribution in [3.63, 3.8) is 0 Å². The van der Waals surface area contributed by atoms with Crippen LogP contribution in [-0.2, 0) is 14.3 Å². The predicted octanol–water partition coefficient (Wildman–Crippen LogP) is 2.12. The maximum Gasteiger partial charge on any atom is 0.326 e. The second kappa shape index (κ2) is 7.10. The quantitative estimate of drug-likeness (QED) is 0.643. The molecule has 0 aromatic carbocycles. The van der Waals surface area contributed by atoms with Gasteiger partial charge in [-0.25, -0.2) is 0 Å². The van der Waals surface area contributed by atoms with Crippen molar-refractivity contribution >= 4 is 5.97 Å². The van der Waals surface area contributed by atoms with Crippen molar-refractivity contribution in [1.82, 2.24) is 5.32 Å².